The van der Waals surface area contributed by atoms with Crippen LogP contribution in [0.1, 0.15) is 11.1 Å². The van der Waals surface area contributed by atoms with Gasteiger partial charge in [0.1, 0.15) is 0 Å². The molecule has 0 atom stereocenters. The Labute approximate surface area is 156 Å². The highest BCUT2D eigenvalue weighted by Gasteiger charge is 2.11. The minimum absolute atomic E-state index is 0.846. The lowest BCUT2D eigenvalue weighted by Gasteiger charge is -2.06. The van der Waals surface area contributed by atoms with Crippen LogP contribution in [-0.2, 0) is 12.8 Å². The molecule has 0 spiro atoms. The van der Waals surface area contributed by atoms with E-state index in [2.05, 4.69) is 69.3 Å². The van der Waals surface area contributed by atoms with Gasteiger partial charge in [-0.1, -0.05) is 47.7 Å². The van der Waals surface area contributed by atoms with Crippen molar-refractivity contribution in [3.8, 4) is 17.1 Å². The van der Waals surface area contributed by atoms with E-state index in [4.69, 9.17) is 0 Å². The number of rotatable bonds is 5. The number of aromatic nitrogens is 5. The predicted molar refractivity (Wildman–Crippen MR) is 104 cm³/mol. The van der Waals surface area contributed by atoms with Crippen LogP contribution < -0.4 is 0 Å². The third-order valence-corrected chi connectivity index (χ3v) is 5.28. The first kappa shape index (κ1) is 16.6. The fourth-order valence-corrected chi connectivity index (χ4v) is 3.66. The van der Waals surface area contributed by atoms with Gasteiger partial charge in [-0.2, -0.15) is 5.10 Å². The maximum atomic E-state index is 4.37. The summed E-state index contributed by atoms with van der Waals surface area (Å²) in [6, 6.07) is 18.7. The van der Waals surface area contributed by atoms with Gasteiger partial charge in [-0.15, -0.1) is 10.2 Å². The van der Waals surface area contributed by atoms with Crippen LogP contribution in [0.25, 0.3) is 17.1 Å². The van der Waals surface area contributed by atoms with Crippen LogP contribution in [0.3, 0.4) is 0 Å². The molecule has 2 aromatic heterocycles. The van der Waals surface area contributed by atoms with E-state index in [9.17, 15) is 0 Å². The maximum absolute atomic E-state index is 4.37. The zero-order valence-electron chi connectivity index (χ0n) is 14.7. The lowest BCUT2D eigenvalue weighted by Crippen LogP contribution is -1.96. The summed E-state index contributed by atoms with van der Waals surface area (Å²) < 4.78 is 3.91. The molecule has 5 nitrogen and oxygen atoms in total. The van der Waals surface area contributed by atoms with E-state index in [0.29, 0.717) is 0 Å². The molecule has 0 fully saturated rings. The third-order valence-electron chi connectivity index (χ3n) is 4.18. The van der Waals surface area contributed by atoms with Crippen molar-refractivity contribution in [3.63, 3.8) is 0 Å². The SMILES string of the molecule is Cc1cccc(-c2nnc(SCc3ccc(-n4cccn4)cc3)n2C)c1. The van der Waals surface area contributed by atoms with Crippen molar-refractivity contribution in [1.82, 2.24) is 24.5 Å². The minimum Gasteiger partial charge on any atom is -0.305 e. The van der Waals surface area contributed by atoms with E-state index in [0.717, 1.165) is 28.0 Å². The van der Waals surface area contributed by atoms with Crippen molar-refractivity contribution >= 4 is 11.8 Å². The highest BCUT2D eigenvalue weighted by molar-refractivity contribution is 7.98. The van der Waals surface area contributed by atoms with Crippen molar-refractivity contribution in [3.05, 3.63) is 78.1 Å². The fraction of sp³-hybridized carbons (Fsp3) is 0.150. The van der Waals surface area contributed by atoms with Crippen LogP contribution in [0.2, 0.25) is 0 Å². The van der Waals surface area contributed by atoms with E-state index in [-0.39, 0.29) is 0 Å². The summed E-state index contributed by atoms with van der Waals surface area (Å²) in [7, 11) is 2.01. The highest BCUT2D eigenvalue weighted by Crippen LogP contribution is 2.26. The molecule has 26 heavy (non-hydrogen) atoms. The van der Waals surface area contributed by atoms with E-state index in [1.165, 1.54) is 11.1 Å². The Hall–Kier alpha value is -2.86. The predicted octanol–water partition coefficient (Wildman–Crippen LogP) is 4.27. The second kappa shape index (κ2) is 7.17. The van der Waals surface area contributed by atoms with Crippen LogP contribution >= 0.6 is 11.8 Å². The average molecular weight is 361 g/mol. The molecule has 0 amide bonds. The normalized spacial score (nSPS) is 11.0. The Morgan fingerprint density at radius 2 is 1.85 bits per heavy atom. The van der Waals surface area contributed by atoms with Gasteiger partial charge in [-0.05, 0) is 36.8 Å². The van der Waals surface area contributed by atoms with Crippen LogP contribution in [0.4, 0.5) is 0 Å². The van der Waals surface area contributed by atoms with Crippen molar-refractivity contribution in [1.29, 1.82) is 0 Å². The monoisotopic (exact) mass is 361 g/mol. The van der Waals surface area contributed by atoms with E-state index < -0.39 is 0 Å². The summed E-state index contributed by atoms with van der Waals surface area (Å²) >= 11 is 1.69. The number of hydrogen-bond donors (Lipinski definition) is 0. The first-order chi connectivity index (χ1) is 12.7. The first-order valence-electron chi connectivity index (χ1n) is 8.39. The molecule has 6 heteroatoms. The zero-order valence-corrected chi connectivity index (χ0v) is 15.5. The van der Waals surface area contributed by atoms with Gasteiger partial charge < -0.3 is 4.57 Å². The summed E-state index contributed by atoms with van der Waals surface area (Å²) in [6.07, 6.45) is 3.72. The first-order valence-corrected chi connectivity index (χ1v) is 9.37. The molecule has 4 aromatic rings. The molecule has 0 unspecified atom stereocenters. The molecular formula is C20H19N5S. The largest absolute Gasteiger partial charge is 0.305 e. The molecule has 0 saturated carbocycles. The highest BCUT2D eigenvalue weighted by atomic mass is 32.2. The summed E-state index contributed by atoms with van der Waals surface area (Å²) in [5.74, 6) is 1.74. The van der Waals surface area contributed by atoms with Gasteiger partial charge in [0, 0.05) is 30.8 Å². The lowest BCUT2D eigenvalue weighted by molar-refractivity contribution is 0.793. The second-order valence-electron chi connectivity index (χ2n) is 6.14. The Morgan fingerprint density at radius 1 is 1.00 bits per heavy atom. The van der Waals surface area contributed by atoms with Crippen molar-refractivity contribution in [2.24, 2.45) is 7.05 Å². The molecule has 2 heterocycles. The molecule has 0 aliphatic carbocycles. The Balaban J connectivity index is 1.47. The van der Waals surface area contributed by atoms with Gasteiger partial charge >= 0.3 is 0 Å². The molecule has 0 saturated heterocycles. The van der Waals surface area contributed by atoms with Crippen molar-refractivity contribution < 1.29 is 0 Å². The summed E-state index contributed by atoms with van der Waals surface area (Å²) in [4.78, 5) is 0. The number of hydrogen-bond acceptors (Lipinski definition) is 4. The molecule has 0 N–H and O–H groups in total. The standard InChI is InChI=1S/C20H19N5S/c1-15-5-3-6-17(13-15)19-22-23-20(24(19)2)26-14-16-7-9-18(10-8-16)25-12-4-11-21-25/h3-13H,14H2,1-2H3. The third kappa shape index (κ3) is 3.41. The number of benzene rings is 2. The molecule has 4 rings (SSSR count). The van der Waals surface area contributed by atoms with Crippen LogP contribution in [-0.4, -0.2) is 24.5 Å². The van der Waals surface area contributed by atoms with Gasteiger partial charge in [0.25, 0.3) is 0 Å². The van der Waals surface area contributed by atoms with Crippen LogP contribution in [0.15, 0.2) is 72.1 Å². The van der Waals surface area contributed by atoms with Crippen molar-refractivity contribution in [2.75, 3.05) is 0 Å². The molecular weight excluding hydrogens is 342 g/mol. The maximum Gasteiger partial charge on any atom is 0.191 e. The summed E-state index contributed by atoms with van der Waals surface area (Å²) in [6.45, 7) is 2.09. The molecule has 0 radical (unpaired) electrons. The summed E-state index contributed by atoms with van der Waals surface area (Å²) in [5.41, 5.74) is 4.61. The van der Waals surface area contributed by atoms with Crippen molar-refractivity contribution in [2.45, 2.75) is 17.8 Å². The molecule has 2 aromatic carbocycles. The Kier molecular flexibility index (Phi) is 4.58. The number of nitrogens with zero attached hydrogens (tertiary/aromatic N) is 5. The number of aryl methyl sites for hydroxylation is 1. The summed E-state index contributed by atoms with van der Waals surface area (Å²) in [5, 5.41) is 13.9. The van der Waals surface area contributed by atoms with E-state index >= 15 is 0 Å². The second-order valence-corrected chi connectivity index (χ2v) is 7.08. The van der Waals surface area contributed by atoms with Crippen LogP contribution in [0, 0.1) is 6.92 Å². The topological polar surface area (TPSA) is 48.5 Å². The Bertz CT molecular complexity index is 1000. The minimum atomic E-state index is 0.846. The fourth-order valence-electron chi connectivity index (χ4n) is 2.79. The average Bonchev–Trinajstić information content (AvgIpc) is 3.31. The molecule has 0 aliphatic heterocycles. The van der Waals surface area contributed by atoms with Gasteiger partial charge in [0.15, 0.2) is 11.0 Å². The smallest absolute Gasteiger partial charge is 0.191 e. The zero-order chi connectivity index (χ0) is 17.9. The van der Waals surface area contributed by atoms with Gasteiger partial charge in [0.2, 0.25) is 0 Å². The van der Waals surface area contributed by atoms with Gasteiger partial charge in [0.05, 0.1) is 5.69 Å². The van der Waals surface area contributed by atoms with Crippen LogP contribution in [0.5, 0.6) is 0 Å². The van der Waals surface area contributed by atoms with E-state index in [1.807, 2.05) is 30.1 Å². The molecule has 0 bridgehead atoms. The lowest BCUT2D eigenvalue weighted by atomic mass is 10.1. The van der Waals surface area contributed by atoms with Gasteiger partial charge in [-0.25, -0.2) is 4.68 Å². The Morgan fingerprint density at radius 3 is 2.58 bits per heavy atom. The molecule has 0 aliphatic rings. The molecule has 130 valence electrons. The van der Waals surface area contributed by atoms with Gasteiger partial charge in [-0.3, -0.25) is 0 Å². The number of thioether (sulfide) groups is 1. The van der Waals surface area contributed by atoms with E-state index in [1.54, 1.807) is 18.0 Å². The quantitative estimate of drug-likeness (QED) is 0.498.